The zero-order valence-electron chi connectivity index (χ0n) is 16.5. The number of aromatic nitrogens is 3. The Hall–Kier alpha value is -3.82. The molecule has 32 heavy (non-hydrogen) atoms. The van der Waals surface area contributed by atoms with Crippen LogP contribution in [-0.2, 0) is 5.92 Å². The summed E-state index contributed by atoms with van der Waals surface area (Å²) in [5, 5.41) is 6.21. The summed E-state index contributed by atoms with van der Waals surface area (Å²) in [6.07, 6.45) is -5.83. The number of aryl methyl sites for hydroxylation is 1. The van der Waals surface area contributed by atoms with Crippen molar-refractivity contribution < 1.29 is 26.7 Å². The van der Waals surface area contributed by atoms with Crippen LogP contribution < -0.4 is 5.32 Å². The quantitative estimate of drug-likeness (QED) is 0.415. The Morgan fingerprint density at radius 3 is 2.16 bits per heavy atom. The minimum Gasteiger partial charge on any atom is -0.321 e. The molecule has 0 saturated carbocycles. The molecule has 4 rings (SSSR count). The van der Waals surface area contributed by atoms with Crippen molar-refractivity contribution in [2.45, 2.75) is 19.0 Å². The summed E-state index contributed by atoms with van der Waals surface area (Å²) in [4.78, 5) is 16.5. The number of amides is 1. The maximum atomic E-state index is 14.0. The second-order valence-electron chi connectivity index (χ2n) is 7.05. The van der Waals surface area contributed by atoms with Crippen LogP contribution in [0.4, 0.5) is 27.6 Å². The molecule has 2 heterocycles. The topological polar surface area (TPSA) is 59.3 Å². The maximum Gasteiger partial charge on any atom is 0.459 e. The number of hydrogen-bond acceptors (Lipinski definition) is 3. The van der Waals surface area contributed by atoms with Crippen LogP contribution in [0.3, 0.4) is 0 Å². The predicted molar refractivity (Wildman–Crippen MR) is 108 cm³/mol. The van der Waals surface area contributed by atoms with E-state index in [0.717, 1.165) is 17.2 Å². The Kier molecular flexibility index (Phi) is 5.15. The number of benzene rings is 2. The molecule has 0 spiro atoms. The number of rotatable bonds is 4. The molecule has 0 atom stereocenters. The second kappa shape index (κ2) is 7.70. The van der Waals surface area contributed by atoms with E-state index in [2.05, 4.69) is 15.4 Å². The predicted octanol–water partition coefficient (Wildman–Crippen LogP) is 5.61. The molecule has 2 aromatic heterocycles. The van der Waals surface area contributed by atoms with Gasteiger partial charge < -0.3 is 5.32 Å². The van der Waals surface area contributed by atoms with Crippen LogP contribution in [-0.4, -0.2) is 26.7 Å². The van der Waals surface area contributed by atoms with Gasteiger partial charge in [-0.3, -0.25) is 4.79 Å². The lowest BCUT2D eigenvalue weighted by atomic mass is 10.1. The number of anilines is 1. The zero-order valence-corrected chi connectivity index (χ0v) is 16.5. The lowest BCUT2D eigenvalue weighted by Crippen LogP contribution is -2.36. The molecule has 10 heteroatoms. The van der Waals surface area contributed by atoms with Crippen LogP contribution in [0, 0.1) is 6.92 Å². The van der Waals surface area contributed by atoms with E-state index in [-0.39, 0.29) is 17.0 Å². The van der Waals surface area contributed by atoms with Gasteiger partial charge in [0.25, 0.3) is 5.91 Å². The third kappa shape index (κ3) is 3.91. The SMILES string of the molecule is Cc1cc(C(F)(F)C(F)(F)F)n2nc(C(=O)Nc3ccc(-c4ccccc4)cc3)cc2n1. The average molecular weight is 446 g/mol. The summed E-state index contributed by atoms with van der Waals surface area (Å²) in [7, 11) is 0. The summed E-state index contributed by atoms with van der Waals surface area (Å²) in [6, 6.07) is 18.0. The van der Waals surface area contributed by atoms with E-state index in [1.54, 1.807) is 24.3 Å². The van der Waals surface area contributed by atoms with Gasteiger partial charge in [0.1, 0.15) is 5.69 Å². The number of carbonyl (C=O) groups is 1. The molecule has 0 fully saturated rings. The van der Waals surface area contributed by atoms with E-state index in [1.807, 2.05) is 30.3 Å². The summed E-state index contributed by atoms with van der Waals surface area (Å²) in [5.41, 5.74) is 0.151. The van der Waals surface area contributed by atoms with Crippen molar-refractivity contribution in [1.82, 2.24) is 14.6 Å². The molecule has 2 aromatic carbocycles. The Morgan fingerprint density at radius 2 is 1.53 bits per heavy atom. The largest absolute Gasteiger partial charge is 0.459 e. The molecular weight excluding hydrogens is 431 g/mol. The number of alkyl halides is 5. The van der Waals surface area contributed by atoms with Gasteiger partial charge >= 0.3 is 12.1 Å². The van der Waals surface area contributed by atoms with Gasteiger partial charge in [0, 0.05) is 17.4 Å². The third-order valence-electron chi connectivity index (χ3n) is 4.72. The van der Waals surface area contributed by atoms with Gasteiger partial charge in [0.05, 0.1) is 0 Å². The number of halogens is 5. The highest BCUT2D eigenvalue weighted by Crippen LogP contribution is 2.43. The fraction of sp³-hybridized carbons (Fsp3) is 0.136. The Balaban J connectivity index is 1.63. The van der Waals surface area contributed by atoms with E-state index >= 15 is 0 Å². The lowest BCUT2D eigenvalue weighted by molar-refractivity contribution is -0.291. The standard InChI is InChI=1S/C22H15F5N4O/c1-13-11-18(21(23,24)22(25,26)27)31-19(28-13)12-17(30-31)20(32)29-16-9-7-15(8-10-16)14-5-3-2-4-6-14/h2-12H,1H3,(H,29,32). The molecule has 0 aliphatic carbocycles. The van der Waals surface area contributed by atoms with Crippen LogP contribution >= 0.6 is 0 Å². The molecule has 1 amide bonds. The molecule has 0 aliphatic rings. The van der Waals surface area contributed by atoms with E-state index in [0.29, 0.717) is 16.3 Å². The smallest absolute Gasteiger partial charge is 0.321 e. The third-order valence-corrected chi connectivity index (χ3v) is 4.72. The van der Waals surface area contributed by atoms with Crippen LogP contribution in [0.5, 0.6) is 0 Å². The Bertz CT molecular complexity index is 1280. The first kappa shape index (κ1) is 21.4. The highest BCUT2D eigenvalue weighted by molar-refractivity contribution is 6.03. The van der Waals surface area contributed by atoms with Crippen molar-refractivity contribution in [3.63, 3.8) is 0 Å². The molecule has 0 unspecified atom stereocenters. The number of fused-ring (bicyclic) bond motifs is 1. The normalized spacial score (nSPS) is 12.2. The highest BCUT2D eigenvalue weighted by Gasteiger charge is 2.60. The molecule has 0 saturated heterocycles. The first-order valence-electron chi connectivity index (χ1n) is 9.35. The van der Waals surface area contributed by atoms with Gasteiger partial charge in [-0.15, -0.1) is 0 Å². The molecule has 0 bridgehead atoms. The van der Waals surface area contributed by atoms with Crippen LogP contribution in [0.15, 0.2) is 66.7 Å². The average Bonchev–Trinajstić information content (AvgIpc) is 3.17. The minimum absolute atomic E-state index is 0.0696. The van der Waals surface area contributed by atoms with Gasteiger partial charge in [0.2, 0.25) is 0 Å². The number of nitrogens with one attached hydrogen (secondary N) is 1. The van der Waals surface area contributed by atoms with Crippen molar-refractivity contribution in [1.29, 1.82) is 0 Å². The second-order valence-corrected chi connectivity index (χ2v) is 7.05. The maximum absolute atomic E-state index is 14.0. The summed E-state index contributed by atoms with van der Waals surface area (Å²) < 4.78 is 67.0. The monoisotopic (exact) mass is 446 g/mol. The Labute approximate surface area is 178 Å². The van der Waals surface area contributed by atoms with Crippen molar-refractivity contribution in [2.24, 2.45) is 0 Å². The van der Waals surface area contributed by atoms with Gasteiger partial charge in [-0.2, -0.15) is 27.1 Å². The minimum atomic E-state index is -5.83. The molecule has 1 N–H and O–H groups in total. The number of nitrogens with zero attached hydrogens (tertiary/aromatic N) is 3. The fourth-order valence-corrected chi connectivity index (χ4v) is 3.15. The summed E-state index contributed by atoms with van der Waals surface area (Å²) >= 11 is 0. The van der Waals surface area contributed by atoms with Crippen molar-refractivity contribution in [3.8, 4) is 11.1 Å². The highest BCUT2D eigenvalue weighted by atomic mass is 19.4. The number of carbonyl (C=O) groups excluding carboxylic acids is 1. The van der Waals surface area contributed by atoms with Crippen molar-refractivity contribution in [2.75, 3.05) is 5.32 Å². The molecule has 0 aliphatic heterocycles. The van der Waals surface area contributed by atoms with E-state index in [1.165, 1.54) is 6.92 Å². The first-order valence-corrected chi connectivity index (χ1v) is 9.35. The van der Waals surface area contributed by atoms with Crippen molar-refractivity contribution in [3.05, 3.63) is 83.8 Å². The molecular formula is C22H15F5N4O. The van der Waals surface area contributed by atoms with Gasteiger partial charge in [-0.05, 0) is 36.2 Å². The molecule has 164 valence electrons. The lowest BCUT2D eigenvalue weighted by Gasteiger charge is -2.20. The fourth-order valence-electron chi connectivity index (χ4n) is 3.15. The summed E-state index contributed by atoms with van der Waals surface area (Å²) in [5.74, 6) is -5.95. The van der Waals surface area contributed by atoms with Crippen LogP contribution in [0.2, 0.25) is 0 Å². The van der Waals surface area contributed by atoms with Crippen LogP contribution in [0.1, 0.15) is 21.9 Å². The van der Waals surface area contributed by atoms with Gasteiger partial charge in [-0.25, -0.2) is 9.50 Å². The van der Waals surface area contributed by atoms with Gasteiger partial charge in [0.15, 0.2) is 11.3 Å². The van der Waals surface area contributed by atoms with E-state index in [4.69, 9.17) is 0 Å². The molecule has 0 radical (unpaired) electrons. The summed E-state index contributed by atoms with van der Waals surface area (Å²) in [6.45, 7) is 1.27. The van der Waals surface area contributed by atoms with Gasteiger partial charge in [-0.1, -0.05) is 42.5 Å². The Morgan fingerprint density at radius 1 is 0.906 bits per heavy atom. The number of hydrogen-bond donors (Lipinski definition) is 1. The molecule has 4 aromatic rings. The van der Waals surface area contributed by atoms with E-state index < -0.39 is 23.7 Å². The molecule has 5 nitrogen and oxygen atoms in total. The zero-order chi connectivity index (χ0) is 23.1. The van der Waals surface area contributed by atoms with E-state index in [9.17, 15) is 26.7 Å². The van der Waals surface area contributed by atoms with Crippen molar-refractivity contribution >= 4 is 17.2 Å². The first-order chi connectivity index (χ1) is 15.1. The van der Waals surface area contributed by atoms with Crippen LogP contribution in [0.25, 0.3) is 16.8 Å².